The number of hydrogen-bond donors (Lipinski definition) is 0. The SMILES string of the molecule is Cc1nc([S-])c2cc(-c3ccccc3)sc2n1. The zero-order valence-corrected chi connectivity index (χ0v) is 10.8. The number of rotatable bonds is 1. The van der Waals surface area contributed by atoms with Gasteiger partial charge in [-0.3, -0.25) is 4.98 Å². The monoisotopic (exact) mass is 257 g/mol. The molecule has 0 aliphatic heterocycles. The van der Waals surface area contributed by atoms with E-state index in [9.17, 15) is 0 Å². The first-order valence-electron chi connectivity index (χ1n) is 5.24. The van der Waals surface area contributed by atoms with Gasteiger partial charge in [0.25, 0.3) is 0 Å². The first kappa shape index (κ1) is 10.6. The Morgan fingerprint density at radius 3 is 2.65 bits per heavy atom. The molecule has 0 aliphatic carbocycles. The van der Waals surface area contributed by atoms with Crippen LogP contribution in [0.3, 0.4) is 0 Å². The molecule has 0 bridgehead atoms. The zero-order valence-electron chi connectivity index (χ0n) is 9.18. The van der Waals surface area contributed by atoms with Gasteiger partial charge in [-0.2, -0.15) is 0 Å². The molecule has 0 spiro atoms. The number of nitrogens with zero attached hydrogens (tertiary/aromatic N) is 2. The lowest BCUT2D eigenvalue weighted by Gasteiger charge is -2.05. The minimum Gasteiger partial charge on any atom is -0.759 e. The Labute approximate surface area is 109 Å². The smallest absolute Gasteiger partial charge is 0.126 e. The Hall–Kier alpha value is -1.52. The van der Waals surface area contributed by atoms with Crippen LogP contribution < -0.4 is 0 Å². The minimum atomic E-state index is 0.644. The van der Waals surface area contributed by atoms with Gasteiger partial charge in [-0.15, -0.1) is 11.3 Å². The number of fused-ring (bicyclic) bond motifs is 1. The number of hydrogen-bond acceptors (Lipinski definition) is 4. The van der Waals surface area contributed by atoms with E-state index in [0.717, 1.165) is 16.0 Å². The highest BCUT2D eigenvalue weighted by Gasteiger charge is 2.06. The molecule has 3 aromatic rings. The average Bonchev–Trinajstić information content (AvgIpc) is 2.74. The summed E-state index contributed by atoms with van der Waals surface area (Å²) in [6, 6.07) is 12.3. The van der Waals surface area contributed by atoms with Gasteiger partial charge in [-0.1, -0.05) is 35.4 Å². The summed E-state index contributed by atoms with van der Waals surface area (Å²) >= 11 is 6.92. The molecular weight excluding hydrogens is 248 g/mol. The molecule has 2 heterocycles. The molecule has 1 aromatic carbocycles. The van der Waals surface area contributed by atoms with Crippen molar-refractivity contribution >= 4 is 34.2 Å². The molecule has 0 radical (unpaired) electrons. The fourth-order valence-electron chi connectivity index (χ4n) is 1.74. The molecule has 3 rings (SSSR count). The summed E-state index contributed by atoms with van der Waals surface area (Å²) in [4.78, 5) is 10.8. The van der Waals surface area contributed by atoms with Crippen LogP contribution in [0.4, 0.5) is 0 Å². The van der Waals surface area contributed by atoms with Crippen molar-refractivity contribution in [2.45, 2.75) is 11.9 Å². The Morgan fingerprint density at radius 2 is 1.88 bits per heavy atom. The van der Waals surface area contributed by atoms with Gasteiger partial charge in [0.1, 0.15) is 10.7 Å². The van der Waals surface area contributed by atoms with Crippen molar-refractivity contribution in [1.82, 2.24) is 9.97 Å². The van der Waals surface area contributed by atoms with E-state index in [0.29, 0.717) is 5.03 Å². The molecule has 0 unspecified atom stereocenters. The van der Waals surface area contributed by atoms with E-state index >= 15 is 0 Å². The van der Waals surface area contributed by atoms with Crippen LogP contribution in [0.1, 0.15) is 5.82 Å². The van der Waals surface area contributed by atoms with Gasteiger partial charge in [0, 0.05) is 10.3 Å². The highest BCUT2D eigenvalue weighted by molar-refractivity contribution is 7.59. The van der Waals surface area contributed by atoms with E-state index in [2.05, 4.69) is 28.2 Å². The van der Waals surface area contributed by atoms with Gasteiger partial charge >= 0.3 is 0 Å². The zero-order chi connectivity index (χ0) is 11.8. The number of aryl methyl sites for hydroxylation is 1. The predicted molar refractivity (Wildman–Crippen MR) is 73.2 cm³/mol. The molecule has 17 heavy (non-hydrogen) atoms. The van der Waals surface area contributed by atoms with Gasteiger partial charge in [-0.25, -0.2) is 4.98 Å². The molecule has 84 valence electrons. The summed E-state index contributed by atoms with van der Waals surface area (Å²) in [6.07, 6.45) is 0. The van der Waals surface area contributed by atoms with Crippen LogP contribution in [0.25, 0.3) is 20.7 Å². The van der Waals surface area contributed by atoms with Gasteiger partial charge in [-0.05, 0) is 18.6 Å². The minimum absolute atomic E-state index is 0.644. The molecule has 0 saturated carbocycles. The second-order valence-electron chi connectivity index (χ2n) is 3.77. The second kappa shape index (κ2) is 4.05. The summed E-state index contributed by atoms with van der Waals surface area (Å²) in [5.41, 5.74) is 1.20. The molecule has 4 heteroatoms. The Morgan fingerprint density at radius 1 is 1.12 bits per heavy atom. The third kappa shape index (κ3) is 1.90. The van der Waals surface area contributed by atoms with E-state index in [1.165, 1.54) is 10.4 Å². The van der Waals surface area contributed by atoms with Crippen LogP contribution >= 0.6 is 11.3 Å². The van der Waals surface area contributed by atoms with Crippen molar-refractivity contribution in [1.29, 1.82) is 0 Å². The second-order valence-corrected chi connectivity index (χ2v) is 5.19. The van der Waals surface area contributed by atoms with Crippen LogP contribution in [0.15, 0.2) is 41.4 Å². The molecule has 0 fully saturated rings. The van der Waals surface area contributed by atoms with E-state index in [1.54, 1.807) is 11.3 Å². The van der Waals surface area contributed by atoms with Crippen LogP contribution in [-0.2, 0) is 12.6 Å². The molecule has 2 nitrogen and oxygen atoms in total. The maximum atomic E-state index is 5.26. The maximum Gasteiger partial charge on any atom is 0.126 e. The molecule has 0 saturated heterocycles. The van der Waals surface area contributed by atoms with Crippen LogP contribution in [0.2, 0.25) is 0 Å². The van der Waals surface area contributed by atoms with Crippen molar-refractivity contribution in [3.63, 3.8) is 0 Å². The van der Waals surface area contributed by atoms with Crippen molar-refractivity contribution in [3.8, 4) is 10.4 Å². The topological polar surface area (TPSA) is 25.8 Å². The Kier molecular flexibility index (Phi) is 2.53. The highest BCUT2D eigenvalue weighted by atomic mass is 32.1. The number of thiophene rings is 1. The molecule has 0 atom stereocenters. The highest BCUT2D eigenvalue weighted by Crippen LogP contribution is 2.33. The van der Waals surface area contributed by atoms with E-state index in [1.807, 2.05) is 25.1 Å². The van der Waals surface area contributed by atoms with E-state index in [-0.39, 0.29) is 0 Å². The van der Waals surface area contributed by atoms with Gasteiger partial charge in [0.15, 0.2) is 0 Å². The number of benzene rings is 1. The van der Waals surface area contributed by atoms with Crippen LogP contribution in [0, 0.1) is 6.92 Å². The van der Waals surface area contributed by atoms with Gasteiger partial charge in [0.2, 0.25) is 0 Å². The van der Waals surface area contributed by atoms with Crippen LogP contribution in [-0.4, -0.2) is 9.97 Å². The quantitative estimate of drug-likeness (QED) is 0.492. The number of aromatic nitrogens is 2. The first-order valence-corrected chi connectivity index (χ1v) is 6.47. The lowest BCUT2D eigenvalue weighted by atomic mass is 10.2. The third-order valence-corrected chi connectivity index (χ3v) is 3.92. The lowest BCUT2D eigenvalue weighted by Crippen LogP contribution is -1.88. The summed E-state index contributed by atoms with van der Waals surface area (Å²) in [5.74, 6) is 0.740. The van der Waals surface area contributed by atoms with E-state index in [4.69, 9.17) is 12.6 Å². The van der Waals surface area contributed by atoms with Gasteiger partial charge in [0.05, 0.1) is 0 Å². The van der Waals surface area contributed by atoms with E-state index < -0.39 is 0 Å². The van der Waals surface area contributed by atoms with Crippen molar-refractivity contribution in [2.24, 2.45) is 0 Å². The summed E-state index contributed by atoms with van der Waals surface area (Å²) in [6.45, 7) is 1.87. The Balaban J connectivity index is 2.24. The molecule has 0 aliphatic rings. The van der Waals surface area contributed by atoms with Crippen molar-refractivity contribution < 1.29 is 0 Å². The normalized spacial score (nSPS) is 10.9. The van der Waals surface area contributed by atoms with Crippen molar-refractivity contribution in [2.75, 3.05) is 0 Å². The fourth-order valence-corrected chi connectivity index (χ4v) is 3.18. The summed E-state index contributed by atoms with van der Waals surface area (Å²) in [7, 11) is 0. The molecule has 2 aromatic heterocycles. The fraction of sp³-hybridized carbons (Fsp3) is 0.0769. The summed E-state index contributed by atoms with van der Waals surface area (Å²) in [5, 5.41) is 1.63. The third-order valence-electron chi connectivity index (χ3n) is 2.53. The average molecular weight is 257 g/mol. The first-order chi connectivity index (χ1) is 8.24. The Bertz CT molecular complexity index is 674. The van der Waals surface area contributed by atoms with Crippen LogP contribution in [0.5, 0.6) is 0 Å². The largest absolute Gasteiger partial charge is 0.759 e. The standard InChI is InChI=1S/C13H10N2S2/c1-8-14-12(16)10-7-11(17-13(10)15-8)9-5-3-2-4-6-9/h2-7H,1H3,(H,14,15,16)/p-1. The maximum absolute atomic E-state index is 5.26. The summed E-state index contributed by atoms with van der Waals surface area (Å²) < 4.78 is 0. The predicted octanol–water partition coefficient (Wildman–Crippen LogP) is 3.57. The van der Waals surface area contributed by atoms with Gasteiger partial charge < -0.3 is 12.6 Å². The lowest BCUT2D eigenvalue weighted by molar-refractivity contribution is 1.02. The molecule has 0 N–H and O–H groups in total. The van der Waals surface area contributed by atoms with Crippen molar-refractivity contribution in [3.05, 3.63) is 42.2 Å². The molecular formula is C13H9N2S2-. The molecule has 0 amide bonds.